The number of nitro benzene ring substituents is 1. The van der Waals surface area contributed by atoms with E-state index in [4.69, 9.17) is 21.1 Å². The van der Waals surface area contributed by atoms with Crippen LogP contribution in [-0.2, 0) is 19.1 Å². The Hall–Kier alpha value is -3.66. The lowest BCUT2D eigenvalue weighted by Crippen LogP contribution is -2.28. The lowest BCUT2D eigenvalue weighted by atomic mass is 10.1. The topological polar surface area (TPSA) is 128 Å². The first-order valence-electron chi connectivity index (χ1n) is 9.14. The standard InChI is InChI=1S/C20H18ClN3O7/c1-30-17-9-13(24(28)29)6-7-16(17)23-10-12(8-19(23)26)20(27)31-11-18(25)22-15-5-3-2-4-14(15)21/h2-7,9,12H,8,10-11H2,1H3,(H,22,25)/t12-/m1/s1. The number of amides is 2. The number of nitro groups is 1. The second kappa shape index (κ2) is 9.43. The summed E-state index contributed by atoms with van der Waals surface area (Å²) in [5, 5.41) is 13.8. The van der Waals surface area contributed by atoms with Crippen molar-refractivity contribution in [1.82, 2.24) is 0 Å². The second-order valence-electron chi connectivity index (χ2n) is 6.65. The number of benzene rings is 2. The number of hydrogen-bond donors (Lipinski definition) is 1. The van der Waals surface area contributed by atoms with Crippen molar-refractivity contribution in [2.75, 3.05) is 30.5 Å². The minimum absolute atomic E-state index is 0.00201. The molecule has 162 valence electrons. The Morgan fingerprint density at radius 1 is 1.29 bits per heavy atom. The van der Waals surface area contributed by atoms with Crippen molar-refractivity contribution in [3.05, 3.63) is 57.6 Å². The molecule has 11 heteroatoms. The predicted molar refractivity (Wildman–Crippen MR) is 111 cm³/mol. The summed E-state index contributed by atoms with van der Waals surface area (Å²) in [6, 6.07) is 10.4. The van der Waals surface area contributed by atoms with Crippen molar-refractivity contribution in [2.45, 2.75) is 6.42 Å². The minimum atomic E-state index is -0.791. The molecule has 0 unspecified atom stereocenters. The minimum Gasteiger partial charge on any atom is -0.494 e. The van der Waals surface area contributed by atoms with E-state index < -0.39 is 29.3 Å². The van der Waals surface area contributed by atoms with Crippen LogP contribution >= 0.6 is 11.6 Å². The molecule has 0 aromatic heterocycles. The zero-order valence-electron chi connectivity index (χ0n) is 16.4. The molecule has 0 bridgehead atoms. The fraction of sp³-hybridized carbons (Fsp3) is 0.250. The van der Waals surface area contributed by atoms with Crippen LogP contribution < -0.4 is 15.0 Å². The number of carbonyl (C=O) groups excluding carboxylic acids is 3. The van der Waals surface area contributed by atoms with E-state index in [0.717, 1.165) is 0 Å². The third kappa shape index (κ3) is 5.10. The van der Waals surface area contributed by atoms with Crippen LogP contribution in [0.2, 0.25) is 5.02 Å². The van der Waals surface area contributed by atoms with Crippen LogP contribution in [0.15, 0.2) is 42.5 Å². The highest BCUT2D eigenvalue weighted by Crippen LogP contribution is 2.36. The van der Waals surface area contributed by atoms with Gasteiger partial charge >= 0.3 is 5.97 Å². The summed E-state index contributed by atoms with van der Waals surface area (Å²) in [7, 11) is 1.33. The molecule has 2 aromatic carbocycles. The highest BCUT2D eigenvalue weighted by Gasteiger charge is 2.37. The first-order chi connectivity index (χ1) is 14.8. The summed E-state index contributed by atoms with van der Waals surface area (Å²) in [6.45, 7) is -0.534. The van der Waals surface area contributed by atoms with Gasteiger partial charge in [-0.1, -0.05) is 23.7 Å². The molecule has 1 saturated heterocycles. The Kier molecular flexibility index (Phi) is 6.71. The highest BCUT2D eigenvalue weighted by atomic mass is 35.5. The third-order valence-corrected chi connectivity index (χ3v) is 4.95. The number of methoxy groups -OCH3 is 1. The van der Waals surface area contributed by atoms with Gasteiger partial charge in [-0.15, -0.1) is 0 Å². The van der Waals surface area contributed by atoms with Gasteiger partial charge in [0.2, 0.25) is 5.91 Å². The van der Waals surface area contributed by atoms with Crippen molar-refractivity contribution in [2.24, 2.45) is 5.92 Å². The summed E-state index contributed by atoms with van der Waals surface area (Å²) in [5.41, 5.74) is 0.510. The Balaban J connectivity index is 1.61. The number of anilines is 2. The van der Waals surface area contributed by atoms with Crippen molar-refractivity contribution in [1.29, 1.82) is 0 Å². The Labute approximate surface area is 181 Å². The monoisotopic (exact) mass is 447 g/mol. The van der Waals surface area contributed by atoms with Gasteiger partial charge in [-0.05, 0) is 18.2 Å². The molecule has 1 fully saturated rings. The van der Waals surface area contributed by atoms with Gasteiger partial charge in [0, 0.05) is 19.0 Å². The van der Waals surface area contributed by atoms with Gasteiger partial charge in [-0.2, -0.15) is 0 Å². The molecule has 2 amide bonds. The maximum Gasteiger partial charge on any atom is 0.311 e. The van der Waals surface area contributed by atoms with Crippen LogP contribution in [0, 0.1) is 16.0 Å². The Bertz CT molecular complexity index is 1040. The molecule has 3 rings (SSSR count). The number of non-ortho nitro benzene ring substituents is 1. The van der Waals surface area contributed by atoms with Crippen molar-refractivity contribution < 1.29 is 28.8 Å². The summed E-state index contributed by atoms with van der Waals surface area (Å²) >= 11 is 5.96. The van der Waals surface area contributed by atoms with Gasteiger partial charge in [0.1, 0.15) is 5.75 Å². The van der Waals surface area contributed by atoms with E-state index in [2.05, 4.69) is 5.32 Å². The van der Waals surface area contributed by atoms with Crippen molar-refractivity contribution in [3.8, 4) is 5.75 Å². The molecule has 1 N–H and O–H groups in total. The molecule has 1 heterocycles. The normalized spacial score (nSPS) is 15.5. The maximum atomic E-state index is 12.4. The Morgan fingerprint density at radius 2 is 2.03 bits per heavy atom. The number of hydrogen-bond acceptors (Lipinski definition) is 7. The summed E-state index contributed by atoms with van der Waals surface area (Å²) in [5.74, 6) is -2.29. The fourth-order valence-electron chi connectivity index (χ4n) is 3.10. The largest absolute Gasteiger partial charge is 0.494 e. The van der Waals surface area contributed by atoms with Crippen LogP contribution in [0.1, 0.15) is 6.42 Å². The van der Waals surface area contributed by atoms with E-state index >= 15 is 0 Å². The molecule has 0 saturated carbocycles. The number of nitrogens with zero attached hydrogens (tertiary/aromatic N) is 2. The fourth-order valence-corrected chi connectivity index (χ4v) is 3.29. The van der Waals surface area contributed by atoms with Crippen molar-refractivity contribution in [3.63, 3.8) is 0 Å². The maximum absolute atomic E-state index is 12.4. The van der Waals surface area contributed by atoms with Crippen LogP contribution in [-0.4, -0.2) is 43.0 Å². The first-order valence-corrected chi connectivity index (χ1v) is 9.51. The van der Waals surface area contributed by atoms with E-state index in [-0.39, 0.29) is 30.3 Å². The van der Waals surface area contributed by atoms with Gasteiger partial charge < -0.3 is 19.7 Å². The van der Waals surface area contributed by atoms with E-state index in [1.807, 2.05) is 0 Å². The second-order valence-corrected chi connectivity index (χ2v) is 7.06. The van der Waals surface area contributed by atoms with E-state index in [1.54, 1.807) is 24.3 Å². The molecule has 1 aliphatic rings. The molecule has 31 heavy (non-hydrogen) atoms. The van der Waals surface area contributed by atoms with Crippen LogP contribution in [0.5, 0.6) is 5.75 Å². The van der Waals surface area contributed by atoms with Crippen molar-refractivity contribution >= 4 is 46.4 Å². The molecule has 0 spiro atoms. The number of para-hydroxylation sites is 1. The molecule has 0 aliphatic carbocycles. The zero-order chi connectivity index (χ0) is 22.5. The van der Waals surface area contributed by atoms with Crippen LogP contribution in [0.25, 0.3) is 0 Å². The van der Waals surface area contributed by atoms with E-state index in [9.17, 15) is 24.5 Å². The molecule has 0 radical (unpaired) electrons. The van der Waals surface area contributed by atoms with Gasteiger partial charge in [-0.3, -0.25) is 24.5 Å². The number of halogens is 1. The number of carbonyl (C=O) groups is 3. The lowest BCUT2D eigenvalue weighted by molar-refractivity contribution is -0.384. The number of ether oxygens (including phenoxy) is 2. The zero-order valence-corrected chi connectivity index (χ0v) is 17.1. The average molecular weight is 448 g/mol. The highest BCUT2D eigenvalue weighted by molar-refractivity contribution is 6.33. The number of rotatable bonds is 7. The Morgan fingerprint density at radius 3 is 2.71 bits per heavy atom. The van der Waals surface area contributed by atoms with E-state index in [0.29, 0.717) is 16.4 Å². The van der Waals surface area contributed by atoms with Gasteiger partial charge in [0.25, 0.3) is 11.6 Å². The molecule has 10 nitrogen and oxygen atoms in total. The molecule has 1 aliphatic heterocycles. The molecule has 1 atom stereocenters. The summed E-state index contributed by atoms with van der Waals surface area (Å²) in [4.78, 5) is 48.5. The first kappa shape index (κ1) is 22.0. The van der Waals surface area contributed by atoms with Gasteiger partial charge in [0.15, 0.2) is 6.61 Å². The van der Waals surface area contributed by atoms with Gasteiger partial charge in [-0.25, -0.2) is 0 Å². The molecule has 2 aromatic rings. The quantitative estimate of drug-likeness (QED) is 0.392. The summed E-state index contributed by atoms with van der Waals surface area (Å²) in [6.07, 6.45) is -0.120. The average Bonchev–Trinajstić information content (AvgIpc) is 3.14. The van der Waals surface area contributed by atoms with E-state index in [1.165, 1.54) is 30.2 Å². The molecular formula is C20H18ClN3O7. The number of esters is 1. The van der Waals surface area contributed by atoms with Crippen LogP contribution in [0.3, 0.4) is 0 Å². The SMILES string of the molecule is COc1cc([N+](=O)[O-])ccc1N1C[C@H](C(=O)OCC(=O)Nc2ccccc2Cl)CC1=O. The lowest BCUT2D eigenvalue weighted by Gasteiger charge is -2.19. The number of nitrogens with one attached hydrogen (secondary N) is 1. The predicted octanol–water partition coefficient (Wildman–Crippen LogP) is 2.79. The molecular weight excluding hydrogens is 430 g/mol. The smallest absolute Gasteiger partial charge is 0.311 e. The third-order valence-electron chi connectivity index (χ3n) is 4.62. The van der Waals surface area contributed by atoms with Crippen LogP contribution in [0.4, 0.5) is 17.1 Å². The van der Waals surface area contributed by atoms with Gasteiger partial charge in [0.05, 0.1) is 40.4 Å². The summed E-state index contributed by atoms with van der Waals surface area (Å²) < 4.78 is 10.2.